The molecule has 15 heavy (non-hydrogen) atoms. The Kier molecular flexibility index (Phi) is 6.97. The van der Waals surface area contributed by atoms with Gasteiger partial charge in [-0.2, -0.15) is 0 Å². The largest absolute Gasteiger partial charge is 0.481 e. The fraction of sp³-hybridized carbons (Fsp3) is 0.455. The molecule has 0 unspecified atom stereocenters. The molecule has 0 aliphatic heterocycles. The third-order valence-corrected chi connectivity index (χ3v) is 1.78. The van der Waals surface area contributed by atoms with E-state index >= 15 is 0 Å². The third kappa shape index (κ3) is 6.49. The fourth-order valence-electron chi connectivity index (χ4n) is 1.02. The summed E-state index contributed by atoms with van der Waals surface area (Å²) in [6.45, 7) is 5.27. The van der Waals surface area contributed by atoms with Gasteiger partial charge >= 0.3 is 11.9 Å². The van der Waals surface area contributed by atoms with Crippen LogP contribution in [0.5, 0.6) is 0 Å². The molecule has 0 saturated heterocycles. The summed E-state index contributed by atoms with van der Waals surface area (Å²) in [5.74, 6) is -1.48. The van der Waals surface area contributed by atoms with Crippen molar-refractivity contribution in [2.45, 2.75) is 32.6 Å². The van der Waals surface area contributed by atoms with Crippen molar-refractivity contribution in [3.05, 3.63) is 24.5 Å². The number of carboxylic acids is 1. The Hall–Kier alpha value is -1.58. The number of hydrogen-bond acceptors (Lipinski definition) is 3. The summed E-state index contributed by atoms with van der Waals surface area (Å²) in [5.41, 5.74) is 0.402. The highest BCUT2D eigenvalue weighted by Gasteiger charge is 2.09. The van der Waals surface area contributed by atoms with E-state index < -0.39 is 11.9 Å². The first kappa shape index (κ1) is 13.4. The molecule has 0 aliphatic rings. The van der Waals surface area contributed by atoms with Crippen LogP contribution in [-0.4, -0.2) is 17.0 Å². The minimum Gasteiger partial charge on any atom is -0.481 e. The average molecular weight is 212 g/mol. The Morgan fingerprint density at radius 2 is 2.13 bits per heavy atom. The molecule has 0 fully saturated rings. The molecular formula is C11H16O4. The van der Waals surface area contributed by atoms with E-state index in [0.717, 1.165) is 19.1 Å². The van der Waals surface area contributed by atoms with Gasteiger partial charge in [-0.15, -0.1) is 0 Å². The smallest absolute Gasteiger partial charge is 0.338 e. The first-order valence-corrected chi connectivity index (χ1v) is 4.84. The van der Waals surface area contributed by atoms with Gasteiger partial charge in [0.15, 0.2) is 0 Å². The fourth-order valence-corrected chi connectivity index (χ4v) is 1.02. The molecule has 0 aromatic heterocycles. The summed E-state index contributed by atoms with van der Waals surface area (Å²) in [7, 11) is 0. The number of carboxylic acid groups (broad SMARTS) is 1. The normalized spacial score (nSPS) is 10.9. The van der Waals surface area contributed by atoms with Crippen LogP contribution in [0.25, 0.3) is 0 Å². The lowest BCUT2D eigenvalue weighted by atomic mass is 10.1. The molecule has 0 atom stereocenters. The van der Waals surface area contributed by atoms with Gasteiger partial charge in [-0.25, -0.2) is 4.79 Å². The SMILES string of the molecule is C=COC(=O)C(=CCC(=O)O)CCCC. The number of aliphatic carboxylic acids is 1. The number of ether oxygens (including phenoxy) is 1. The summed E-state index contributed by atoms with van der Waals surface area (Å²) >= 11 is 0. The second-order valence-corrected chi connectivity index (χ2v) is 3.00. The molecule has 0 radical (unpaired) electrons. The van der Waals surface area contributed by atoms with Crippen molar-refractivity contribution in [2.75, 3.05) is 0 Å². The van der Waals surface area contributed by atoms with Gasteiger partial charge < -0.3 is 9.84 Å². The Morgan fingerprint density at radius 3 is 2.60 bits per heavy atom. The van der Waals surface area contributed by atoms with Crippen LogP contribution in [0.3, 0.4) is 0 Å². The Balaban J connectivity index is 4.40. The van der Waals surface area contributed by atoms with E-state index in [9.17, 15) is 9.59 Å². The van der Waals surface area contributed by atoms with Gasteiger partial charge in [-0.1, -0.05) is 26.0 Å². The molecule has 0 bridgehead atoms. The zero-order valence-corrected chi connectivity index (χ0v) is 8.86. The van der Waals surface area contributed by atoms with Crippen LogP contribution in [-0.2, 0) is 14.3 Å². The van der Waals surface area contributed by atoms with Gasteiger partial charge in [0.1, 0.15) is 0 Å². The van der Waals surface area contributed by atoms with Gasteiger partial charge in [0.25, 0.3) is 0 Å². The van der Waals surface area contributed by atoms with Crippen LogP contribution in [0.1, 0.15) is 32.6 Å². The van der Waals surface area contributed by atoms with Crippen molar-refractivity contribution in [3.8, 4) is 0 Å². The van der Waals surface area contributed by atoms with Crippen LogP contribution < -0.4 is 0 Å². The lowest BCUT2D eigenvalue weighted by molar-refractivity contribution is -0.136. The molecule has 84 valence electrons. The average Bonchev–Trinajstić information content (AvgIpc) is 2.17. The summed E-state index contributed by atoms with van der Waals surface area (Å²) in [5, 5.41) is 8.48. The summed E-state index contributed by atoms with van der Waals surface area (Å²) in [4.78, 5) is 21.6. The molecular weight excluding hydrogens is 196 g/mol. The van der Waals surface area contributed by atoms with E-state index in [0.29, 0.717) is 12.0 Å². The molecule has 1 N–H and O–H groups in total. The first-order chi connectivity index (χ1) is 7.11. The van der Waals surface area contributed by atoms with Gasteiger partial charge in [-0.05, 0) is 12.8 Å². The van der Waals surface area contributed by atoms with Crippen LogP contribution >= 0.6 is 0 Å². The Bertz CT molecular complexity index is 266. The van der Waals surface area contributed by atoms with Crippen molar-refractivity contribution in [1.29, 1.82) is 0 Å². The number of rotatable bonds is 7. The molecule has 0 rings (SSSR count). The van der Waals surface area contributed by atoms with Crippen LogP contribution in [0.4, 0.5) is 0 Å². The number of esters is 1. The molecule has 0 saturated carbocycles. The van der Waals surface area contributed by atoms with E-state index in [4.69, 9.17) is 5.11 Å². The van der Waals surface area contributed by atoms with E-state index in [1.54, 1.807) is 0 Å². The van der Waals surface area contributed by atoms with Gasteiger partial charge in [0.2, 0.25) is 0 Å². The zero-order valence-electron chi connectivity index (χ0n) is 8.86. The van der Waals surface area contributed by atoms with Crippen molar-refractivity contribution in [3.63, 3.8) is 0 Å². The van der Waals surface area contributed by atoms with Gasteiger partial charge in [0.05, 0.1) is 12.7 Å². The van der Waals surface area contributed by atoms with E-state index in [1.807, 2.05) is 6.92 Å². The zero-order chi connectivity index (χ0) is 11.7. The summed E-state index contributed by atoms with van der Waals surface area (Å²) in [6.07, 6.45) is 4.58. The van der Waals surface area contributed by atoms with E-state index in [2.05, 4.69) is 11.3 Å². The highest BCUT2D eigenvalue weighted by molar-refractivity contribution is 5.89. The van der Waals surface area contributed by atoms with Crippen molar-refractivity contribution in [2.24, 2.45) is 0 Å². The van der Waals surface area contributed by atoms with Gasteiger partial charge in [0, 0.05) is 5.57 Å². The molecule has 0 spiro atoms. The van der Waals surface area contributed by atoms with Crippen molar-refractivity contribution < 1.29 is 19.4 Å². The number of carbonyl (C=O) groups excluding carboxylic acids is 1. The molecule has 4 heteroatoms. The number of carbonyl (C=O) groups is 2. The minimum absolute atomic E-state index is 0.161. The molecule has 0 heterocycles. The number of hydrogen-bond donors (Lipinski definition) is 1. The predicted octanol–water partition coefficient (Wildman–Crippen LogP) is 2.26. The second-order valence-electron chi connectivity index (χ2n) is 3.00. The molecule has 0 aromatic carbocycles. The number of unbranched alkanes of at least 4 members (excludes halogenated alkanes) is 1. The predicted molar refractivity (Wildman–Crippen MR) is 56.1 cm³/mol. The van der Waals surface area contributed by atoms with E-state index in [1.165, 1.54) is 6.08 Å². The maximum atomic E-state index is 11.3. The Labute approximate surface area is 89.2 Å². The molecule has 4 nitrogen and oxygen atoms in total. The Morgan fingerprint density at radius 1 is 1.47 bits per heavy atom. The standard InChI is InChI=1S/C11H16O4/c1-3-5-6-9(7-8-10(12)13)11(14)15-4-2/h4,7H,2-3,5-6,8H2,1H3,(H,12,13). The minimum atomic E-state index is -0.963. The van der Waals surface area contributed by atoms with Gasteiger partial charge in [-0.3, -0.25) is 4.79 Å². The quantitative estimate of drug-likeness (QED) is 0.399. The maximum Gasteiger partial charge on any atom is 0.338 e. The third-order valence-electron chi connectivity index (χ3n) is 1.78. The summed E-state index contributed by atoms with van der Waals surface area (Å²) in [6, 6.07) is 0. The monoisotopic (exact) mass is 212 g/mol. The van der Waals surface area contributed by atoms with Crippen LogP contribution in [0.15, 0.2) is 24.5 Å². The highest BCUT2D eigenvalue weighted by atomic mass is 16.5. The van der Waals surface area contributed by atoms with Crippen LogP contribution in [0, 0.1) is 0 Å². The molecule has 0 aromatic rings. The highest BCUT2D eigenvalue weighted by Crippen LogP contribution is 2.10. The topological polar surface area (TPSA) is 63.6 Å². The van der Waals surface area contributed by atoms with Crippen LogP contribution in [0.2, 0.25) is 0 Å². The molecule has 0 aliphatic carbocycles. The maximum absolute atomic E-state index is 11.3. The second kappa shape index (κ2) is 7.79. The van der Waals surface area contributed by atoms with Crippen molar-refractivity contribution >= 4 is 11.9 Å². The van der Waals surface area contributed by atoms with E-state index in [-0.39, 0.29) is 6.42 Å². The summed E-state index contributed by atoms with van der Waals surface area (Å²) < 4.78 is 4.60. The lowest BCUT2D eigenvalue weighted by Crippen LogP contribution is -2.05. The molecule has 0 amide bonds. The first-order valence-electron chi connectivity index (χ1n) is 4.84. The lowest BCUT2D eigenvalue weighted by Gasteiger charge is -2.03. The van der Waals surface area contributed by atoms with Crippen molar-refractivity contribution in [1.82, 2.24) is 0 Å².